The smallest absolute Gasteiger partial charge is 0.326 e. The van der Waals surface area contributed by atoms with Gasteiger partial charge in [-0.2, -0.15) is 0 Å². The van der Waals surface area contributed by atoms with Gasteiger partial charge in [0.1, 0.15) is 6.04 Å². The Kier molecular flexibility index (Phi) is 7.02. The number of hydrogen-bond acceptors (Lipinski definition) is 3. The van der Waals surface area contributed by atoms with Crippen LogP contribution in [0.15, 0.2) is 12.5 Å². The van der Waals surface area contributed by atoms with Gasteiger partial charge in [0.15, 0.2) is 0 Å². The summed E-state index contributed by atoms with van der Waals surface area (Å²) in [6.07, 6.45) is 19.9. The van der Waals surface area contributed by atoms with Crippen LogP contribution in [0.4, 0.5) is 0 Å². The van der Waals surface area contributed by atoms with Crippen molar-refractivity contribution in [3.63, 3.8) is 0 Å². The van der Waals surface area contributed by atoms with E-state index in [0.29, 0.717) is 28.9 Å². The molecule has 0 saturated heterocycles. The molecule has 8 atom stereocenters. The quantitative estimate of drug-likeness (QED) is 0.439. The third-order valence-electron chi connectivity index (χ3n) is 11.3. The molecule has 3 N–H and O–H groups in total. The number of nitrogens with zero attached hydrogens (tertiary/aromatic N) is 1. The van der Waals surface area contributed by atoms with Gasteiger partial charge in [0.25, 0.3) is 0 Å². The Morgan fingerprint density at radius 1 is 1.09 bits per heavy atom. The molecule has 194 valence electrons. The van der Waals surface area contributed by atoms with Crippen molar-refractivity contribution >= 4 is 11.9 Å². The van der Waals surface area contributed by atoms with Crippen LogP contribution in [0.3, 0.4) is 0 Å². The Morgan fingerprint density at radius 2 is 1.91 bits per heavy atom. The Bertz CT molecular complexity index is 901. The first-order valence-corrected chi connectivity index (χ1v) is 14.3. The number of carbonyl (C=O) groups is 2. The van der Waals surface area contributed by atoms with Gasteiger partial charge in [-0.3, -0.25) is 4.79 Å². The molecule has 1 aromatic heterocycles. The number of H-pyrrole nitrogens is 1. The molecular formula is C29H45N3O3. The maximum absolute atomic E-state index is 12.6. The second-order valence-electron chi connectivity index (χ2n) is 12.9. The van der Waals surface area contributed by atoms with E-state index in [0.717, 1.165) is 36.5 Å². The summed E-state index contributed by atoms with van der Waals surface area (Å²) < 4.78 is 0. The van der Waals surface area contributed by atoms with E-state index >= 15 is 0 Å². The summed E-state index contributed by atoms with van der Waals surface area (Å²) in [4.78, 5) is 31.1. The van der Waals surface area contributed by atoms with Crippen LogP contribution in [0.2, 0.25) is 0 Å². The number of hydrogen-bond donors (Lipinski definition) is 3. The van der Waals surface area contributed by atoms with Crippen LogP contribution in [-0.4, -0.2) is 33.0 Å². The van der Waals surface area contributed by atoms with Crippen LogP contribution in [-0.2, 0) is 16.0 Å². The predicted octanol–water partition coefficient (Wildman–Crippen LogP) is 5.74. The van der Waals surface area contributed by atoms with E-state index in [2.05, 4.69) is 29.1 Å². The summed E-state index contributed by atoms with van der Waals surface area (Å²) >= 11 is 0. The highest BCUT2D eigenvalue weighted by Crippen LogP contribution is 2.67. The molecule has 0 radical (unpaired) electrons. The topological polar surface area (TPSA) is 95.1 Å². The minimum atomic E-state index is -1.00. The molecule has 4 fully saturated rings. The molecule has 6 unspecified atom stereocenters. The molecule has 4 aliphatic carbocycles. The first-order chi connectivity index (χ1) is 16.8. The normalized spacial score (nSPS) is 39.2. The van der Waals surface area contributed by atoms with Crippen molar-refractivity contribution in [3.8, 4) is 0 Å². The largest absolute Gasteiger partial charge is 0.480 e. The second kappa shape index (κ2) is 9.89. The van der Waals surface area contributed by atoms with Crippen LogP contribution in [0.5, 0.6) is 0 Å². The Hall–Kier alpha value is -1.85. The number of aromatic amines is 1. The second-order valence-corrected chi connectivity index (χ2v) is 12.9. The molecule has 0 aromatic carbocycles. The van der Waals surface area contributed by atoms with Crippen LogP contribution >= 0.6 is 0 Å². The highest BCUT2D eigenvalue weighted by Gasteiger charge is 2.59. The number of carboxylic acids is 1. The van der Waals surface area contributed by atoms with E-state index in [1.54, 1.807) is 6.20 Å². The number of imidazole rings is 1. The van der Waals surface area contributed by atoms with Crippen molar-refractivity contribution in [3.05, 3.63) is 18.2 Å². The zero-order valence-electron chi connectivity index (χ0n) is 21.7. The van der Waals surface area contributed by atoms with Crippen LogP contribution in [0.1, 0.15) is 103 Å². The lowest BCUT2D eigenvalue weighted by Gasteiger charge is -2.60. The van der Waals surface area contributed by atoms with E-state index in [1.165, 1.54) is 70.5 Å². The zero-order valence-corrected chi connectivity index (χ0v) is 21.7. The number of fused-ring (bicyclic) bond motifs is 5. The molecule has 5 rings (SSSR count). The van der Waals surface area contributed by atoms with E-state index < -0.39 is 12.0 Å². The monoisotopic (exact) mass is 483 g/mol. The maximum atomic E-state index is 12.6. The number of aromatic nitrogens is 2. The first-order valence-electron chi connectivity index (χ1n) is 14.3. The lowest BCUT2D eigenvalue weighted by Crippen LogP contribution is -2.52. The van der Waals surface area contributed by atoms with Crippen molar-refractivity contribution in [2.75, 3.05) is 0 Å². The van der Waals surface area contributed by atoms with Gasteiger partial charge >= 0.3 is 5.97 Å². The van der Waals surface area contributed by atoms with Crippen molar-refractivity contribution < 1.29 is 14.7 Å². The SMILES string of the molecule is CC12CCCCC1CC[C@@H]1C2CC[C@]2(C)C(CCCC(=O)NC(Cc3cnc[nH]3)C(=O)O)CCC12. The van der Waals surface area contributed by atoms with Crippen molar-refractivity contribution in [2.45, 2.75) is 110 Å². The number of amides is 1. The third-order valence-corrected chi connectivity index (χ3v) is 11.3. The summed E-state index contributed by atoms with van der Waals surface area (Å²) in [5.74, 6) is 3.25. The minimum absolute atomic E-state index is 0.149. The van der Waals surface area contributed by atoms with E-state index in [-0.39, 0.29) is 12.3 Å². The lowest BCUT2D eigenvalue weighted by atomic mass is 9.45. The minimum Gasteiger partial charge on any atom is -0.480 e. The maximum Gasteiger partial charge on any atom is 0.326 e. The molecular weight excluding hydrogens is 438 g/mol. The molecule has 1 aromatic rings. The fraction of sp³-hybridized carbons (Fsp3) is 0.828. The Labute approximate surface area is 210 Å². The summed E-state index contributed by atoms with van der Waals surface area (Å²) in [5, 5.41) is 12.2. The molecule has 4 saturated carbocycles. The van der Waals surface area contributed by atoms with Gasteiger partial charge in [0.05, 0.1) is 6.33 Å². The Balaban J connectivity index is 1.14. The predicted molar refractivity (Wildman–Crippen MR) is 136 cm³/mol. The first kappa shape index (κ1) is 24.8. The summed E-state index contributed by atoms with van der Waals surface area (Å²) in [5.41, 5.74) is 1.74. The van der Waals surface area contributed by atoms with Gasteiger partial charge in [-0.25, -0.2) is 9.78 Å². The van der Waals surface area contributed by atoms with Crippen LogP contribution < -0.4 is 5.32 Å². The average Bonchev–Trinajstić information content (AvgIpc) is 3.46. The fourth-order valence-corrected chi connectivity index (χ4v) is 9.47. The fourth-order valence-electron chi connectivity index (χ4n) is 9.47. The Morgan fingerprint density at radius 3 is 2.69 bits per heavy atom. The summed E-state index contributed by atoms with van der Waals surface area (Å²) in [7, 11) is 0. The molecule has 6 heteroatoms. The number of nitrogens with one attached hydrogen (secondary N) is 2. The summed E-state index contributed by atoms with van der Waals surface area (Å²) in [6.45, 7) is 5.23. The number of carbonyl (C=O) groups excluding carboxylic acids is 1. The third kappa shape index (κ3) is 4.67. The van der Waals surface area contributed by atoms with Crippen molar-refractivity contribution in [1.82, 2.24) is 15.3 Å². The van der Waals surface area contributed by atoms with Crippen LogP contribution in [0.25, 0.3) is 0 Å². The van der Waals surface area contributed by atoms with Gasteiger partial charge < -0.3 is 15.4 Å². The molecule has 35 heavy (non-hydrogen) atoms. The molecule has 0 bridgehead atoms. The van der Waals surface area contributed by atoms with Gasteiger partial charge in [-0.05, 0) is 105 Å². The molecule has 1 heterocycles. The van der Waals surface area contributed by atoms with E-state index in [9.17, 15) is 14.7 Å². The molecule has 0 aliphatic heterocycles. The number of aliphatic carboxylic acids is 1. The highest BCUT2D eigenvalue weighted by atomic mass is 16.4. The van der Waals surface area contributed by atoms with E-state index in [4.69, 9.17) is 0 Å². The molecule has 4 aliphatic rings. The lowest BCUT2D eigenvalue weighted by molar-refractivity contribution is -0.141. The number of carboxylic acid groups (broad SMARTS) is 1. The summed E-state index contributed by atoms with van der Waals surface area (Å²) in [6, 6.07) is -0.914. The zero-order chi connectivity index (χ0) is 24.6. The molecule has 1 amide bonds. The van der Waals surface area contributed by atoms with Gasteiger partial charge in [0.2, 0.25) is 5.91 Å². The standard InChI is InChI=1S/C29H45N3O3/c1-28-14-4-3-6-19(28)9-11-22-23-12-10-20(29(23,2)15-13-24(22)28)7-5-8-26(33)32-25(27(34)35)16-21-17-30-18-31-21/h17-20,22-25H,3-16H2,1-2H3,(H,30,31)(H,32,33)(H,34,35)/t19?,20?,22-,23?,24?,25?,28?,29+/m0/s1. The van der Waals surface area contributed by atoms with Gasteiger partial charge in [0, 0.05) is 24.7 Å². The van der Waals surface area contributed by atoms with Gasteiger partial charge in [-0.1, -0.05) is 26.7 Å². The molecule has 0 spiro atoms. The molecule has 6 nitrogen and oxygen atoms in total. The van der Waals surface area contributed by atoms with Gasteiger partial charge in [-0.15, -0.1) is 0 Å². The average molecular weight is 484 g/mol. The van der Waals surface area contributed by atoms with E-state index in [1.807, 2.05) is 0 Å². The van der Waals surface area contributed by atoms with Crippen LogP contribution in [0, 0.1) is 40.4 Å². The van der Waals surface area contributed by atoms with Crippen molar-refractivity contribution in [2.24, 2.45) is 40.4 Å². The highest BCUT2D eigenvalue weighted by molar-refractivity contribution is 5.83. The van der Waals surface area contributed by atoms with Crippen molar-refractivity contribution in [1.29, 1.82) is 0 Å². The number of rotatable bonds is 8.